The fraction of sp³-hybridized carbons (Fsp3) is 0.552. The lowest BCUT2D eigenvalue weighted by Crippen LogP contribution is -2.23. The predicted molar refractivity (Wildman–Crippen MR) is 256 cm³/mol. The molecule has 2 atom stereocenters. The summed E-state index contributed by atoms with van der Waals surface area (Å²) < 4.78 is 12.7. The lowest BCUT2D eigenvalue weighted by atomic mass is 9.78. The van der Waals surface area contributed by atoms with Crippen LogP contribution in [0.25, 0.3) is 0 Å². The fourth-order valence-corrected chi connectivity index (χ4v) is 10.4. The molecule has 0 radical (unpaired) electrons. The van der Waals surface area contributed by atoms with Crippen LogP contribution in [0.1, 0.15) is 210 Å². The Morgan fingerprint density at radius 3 is 1.03 bits per heavy atom. The molecule has 334 valence electrons. The second-order valence-corrected chi connectivity index (χ2v) is 19.1. The summed E-state index contributed by atoms with van der Waals surface area (Å²) in [6, 6.07) is 35.1. The van der Waals surface area contributed by atoms with Crippen LogP contribution in [0.4, 0.5) is 0 Å². The van der Waals surface area contributed by atoms with Crippen LogP contribution in [0, 0.1) is 23.7 Å². The lowest BCUT2D eigenvalue weighted by Gasteiger charge is -2.28. The molecular formula is C58H78O4. The average molecular weight is 839 g/mol. The molecule has 2 unspecified atom stereocenters. The summed E-state index contributed by atoms with van der Waals surface area (Å²) in [5, 5.41) is 0. The molecule has 0 aromatic heterocycles. The molecule has 4 heteroatoms. The van der Waals surface area contributed by atoms with Crippen LogP contribution in [-0.4, -0.2) is 11.9 Å². The maximum atomic E-state index is 13.9. The molecule has 0 amide bonds. The standard InChI is InChI=1S/C58H78O4/c1-3-5-9-19-45-29-33-47(34-30-45)21-15-17-23-49-37-41-53(42-38-49)57(59)61-55(51-25-11-7-12-26-51)56(52-27-13-8-14-28-52)62-58(60)54-43-39-50(40-44-54)24-18-16-22-48-35-31-46(32-36-48)20-10-6-4-2/h7-8,11-14,25-28,37-48,55-56H,3-6,9-10,15-24,29-36H2,1-2H3. The number of ether oxygens (including phenoxy) is 2. The third-order valence-electron chi connectivity index (χ3n) is 14.4. The summed E-state index contributed by atoms with van der Waals surface area (Å²) in [4.78, 5) is 27.8. The van der Waals surface area contributed by atoms with Crippen molar-refractivity contribution in [1.82, 2.24) is 0 Å². The fourth-order valence-electron chi connectivity index (χ4n) is 10.4. The van der Waals surface area contributed by atoms with Crippen LogP contribution in [0.15, 0.2) is 109 Å². The van der Waals surface area contributed by atoms with E-state index in [1.807, 2.05) is 84.9 Å². The van der Waals surface area contributed by atoms with Crippen LogP contribution in [0.3, 0.4) is 0 Å². The first-order valence-corrected chi connectivity index (χ1v) is 25.2. The average Bonchev–Trinajstić information content (AvgIpc) is 3.32. The number of hydrogen-bond acceptors (Lipinski definition) is 4. The summed E-state index contributed by atoms with van der Waals surface area (Å²) in [6.45, 7) is 4.59. The second-order valence-electron chi connectivity index (χ2n) is 19.1. The minimum atomic E-state index is -0.850. The molecule has 0 bridgehead atoms. The zero-order valence-corrected chi connectivity index (χ0v) is 38.5. The van der Waals surface area contributed by atoms with Gasteiger partial charge in [0.2, 0.25) is 0 Å². The van der Waals surface area contributed by atoms with Crippen molar-refractivity contribution in [2.24, 2.45) is 23.7 Å². The Kier molecular flexibility index (Phi) is 20.2. The number of carbonyl (C=O) groups excluding carboxylic acids is 2. The molecular weight excluding hydrogens is 761 g/mol. The Hall–Kier alpha value is -4.18. The summed E-state index contributed by atoms with van der Waals surface area (Å²) >= 11 is 0. The van der Waals surface area contributed by atoms with Crippen molar-refractivity contribution in [3.05, 3.63) is 143 Å². The molecule has 0 heterocycles. The van der Waals surface area contributed by atoms with Gasteiger partial charge in [0.1, 0.15) is 0 Å². The van der Waals surface area contributed by atoms with Gasteiger partial charge in [0.25, 0.3) is 0 Å². The summed E-state index contributed by atoms with van der Waals surface area (Å²) in [5.41, 5.74) is 4.99. The van der Waals surface area contributed by atoms with Crippen LogP contribution in [0.2, 0.25) is 0 Å². The van der Waals surface area contributed by atoms with E-state index in [-0.39, 0.29) is 0 Å². The van der Waals surface area contributed by atoms with E-state index in [9.17, 15) is 9.59 Å². The molecule has 4 aromatic carbocycles. The van der Waals surface area contributed by atoms with E-state index in [4.69, 9.17) is 9.47 Å². The second kappa shape index (κ2) is 26.4. The highest BCUT2D eigenvalue weighted by atomic mass is 16.6. The van der Waals surface area contributed by atoms with E-state index in [1.165, 1.54) is 152 Å². The van der Waals surface area contributed by atoms with Crippen molar-refractivity contribution < 1.29 is 19.1 Å². The largest absolute Gasteiger partial charge is 0.450 e. The van der Waals surface area contributed by atoms with Gasteiger partial charge in [-0.2, -0.15) is 0 Å². The minimum Gasteiger partial charge on any atom is -0.450 e. The van der Waals surface area contributed by atoms with Crippen LogP contribution >= 0.6 is 0 Å². The van der Waals surface area contributed by atoms with Gasteiger partial charge in [-0.05, 0) is 95.9 Å². The van der Waals surface area contributed by atoms with Gasteiger partial charge in [-0.25, -0.2) is 9.59 Å². The highest BCUT2D eigenvalue weighted by molar-refractivity contribution is 5.90. The Labute approximate surface area is 376 Å². The smallest absolute Gasteiger partial charge is 0.338 e. The minimum absolute atomic E-state index is 0.438. The lowest BCUT2D eigenvalue weighted by molar-refractivity contribution is -0.0388. The Balaban J connectivity index is 1.00. The molecule has 2 aliphatic carbocycles. The predicted octanol–water partition coefficient (Wildman–Crippen LogP) is 16.4. The SMILES string of the molecule is CCCCCC1CCC(CCCCc2ccc(C(=O)OC(c3ccccc3)C(OC(=O)c3ccc(CCCCC4CCC(CCCCC)CC4)cc3)c3ccccc3)cc2)CC1. The van der Waals surface area contributed by atoms with Crippen LogP contribution in [0.5, 0.6) is 0 Å². The van der Waals surface area contributed by atoms with Gasteiger partial charge in [0.15, 0.2) is 12.2 Å². The van der Waals surface area contributed by atoms with Gasteiger partial charge in [0, 0.05) is 0 Å². The van der Waals surface area contributed by atoms with Crippen molar-refractivity contribution in [3.8, 4) is 0 Å². The van der Waals surface area contributed by atoms with Gasteiger partial charge < -0.3 is 9.47 Å². The van der Waals surface area contributed by atoms with Crippen LogP contribution in [-0.2, 0) is 22.3 Å². The molecule has 4 aromatic rings. The Morgan fingerprint density at radius 1 is 0.419 bits per heavy atom. The monoisotopic (exact) mass is 839 g/mol. The number of rotatable bonds is 25. The number of unbranched alkanes of at least 4 members (excludes halogenated alkanes) is 6. The Bertz CT molecular complexity index is 1680. The number of benzene rings is 4. The molecule has 0 aliphatic heterocycles. The summed E-state index contributed by atoms with van der Waals surface area (Å²) in [5.74, 6) is 2.86. The highest BCUT2D eigenvalue weighted by Crippen LogP contribution is 2.38. The van der Waals surface area contributed by atoms with Gasteiger partial charge in [-0.1, -0.05) is 227 Å². The van der Waals surface area contributed by atoms with Gasteiger partial charge in [-0.3, -0.25) is 0 Å². The van der Waals surface area contributed by atoms with Gasteiger partial charge >= 0.3 is 11.9 Å². The zero-order chi connectivity index (χ0) is 43.2. The number of aryl methyl sites for hydroxylation is 2. The number of carbonyl (C=O) groups is 2. The number of hydrogen-bond donors (Lipinski definition) is 0. The van der Waals surface area contributed by atoms with E-state index in [1.54, 1.807) is 0 Å². The maximum Gasteiger partial charge on any atom is 0.338 e. The van der Waals surface area contributed by atoms with E-state index < -0.39 is 24.1 Å². The number of esters is 2. The van der Waals surface area contributed by atoms with E-state index in [0.717, 1.165) is 47.6 Å². The molecule has 6 rings (SSSR count). The van der Waals surface area contributed by atoms with E-state index >= 15 is 0 Å². The molecule has 0 spiro atoms. The molecule has 62 heavy (non-hydrogen) atoms. The first-order valence-electron chi connectivity index (χ1n) is 25.2. The van der Waals surface area contributed by atoms with Crippen molar-refractivity contribution >= 4 is 11.9 Å². The third kappa shape index (κ3) is 15.6. The molecule has 4 nitrogen and oxygen atoms in total. The quantitative estimate of drug-likeness (QED) is 0.0493. The molecule has 2 fully saturated rings. The topological polar surface area (TPSA) is 52.6 Å². The van der Waals surface area contributed by atoms with Gasteiger partial charge in [0.05, 0.1) is 11.1 Å². The van der Waals surface area contributed by atoms with Gasteiger partial charge in [-0.15, -0.1) is 0 Å². The van der Waals surface area contributed by atoms with Crippen LogP contribution < -0.4 is 0 Å². The van der Waals surface area contributed by atoms with Crippen molar-refractivity contribution in [1.29, 1.82) is 0 Å². The summed E-state index contributed by atoms with van der Waals surface area (Å²) in [7, 11) is 0. The van der Waals surface area contributed by atoms with E-state index in [0.29, 0.717) is 11.1 Å². The molecule has 0 saturated heterocycles. The third-order valence-corrected chi connectivity index (χ3v) is 14.4. The first-order chi connectivity index (χ1) is 30.5. The maximum absolute atomic E-state index is 13.9. The highest BCUT2D eigenvalue weighted by Gasteiger charge is 2.33. The molecule has 2 aliphatic rings. The Morgan fingerprint density at radius 2 is 0.726 bits per heavy atom. The molecule has 2 saturated carbocycles. The van der Waals surface area contributed by atoms with E-state index in [2.05, 4.69) is 38.1 Å². The van der Waals surface area contributed by atoms with Crippen molar-refractivity contribution in [3.63, 3.8) is 0 Å². The first kappa shape index (κ1) is 47.3. The van der Waals surface area contributed by atoms with Crippen molar-refractivity contribution in [2.75, 3.05) is 0 Å². The summed E-state index contributed by atoms with van der Waals surface area (Å²) in [6.07, 6.45) is 30.3. The zero-order valence-electron chi connectivity index (χ0n) is 38.5. The van der Waals surface area contributed by atoms with Crippen molar-refractivity contribution in [2.45, 2.75) is 180 Å². The molecule has 0 N–H and O–H groups in total. The normalized spacial score (nSPS) is 20.0.